The Morgan fingerprint density at radius 2 is 2.44 bits per heavy atom. The van der Waals surface area contributed by atoms with Crippen molar-refractivity contribution in [2.75, 3.05) is 0 Å². The van der Waals surface area contributed by atoms with Gasteiger partial charge < -0.3 is 0 Å². The lowest BCUT2D eigenvalue weighted by Gasteiger charge is -2.17. The van der Waals surface area contributed by atoms with Crippen LogP contribution in [0.3, 0.4) is 0 Å². The monoisotopic (exact) mass is 188 g/mol. The minimum Gasteiger partial charge on any atom is -0.0887 e. The third-order valence-electron chi connectivity index (χ3n) is 1.88. The van der Waals surface area contributed by atoms with Crippen molar-refractivity contribution >= 4 is 15.9 Å². The van der Waals surface area contributed by atoms with Crippen LogP contribution < -0.4 is 0 Å². The molecule has 0 aromatic rings. The second-order valence-corrected chi connectivity index (χ2v) is 4.14. The second-order valence-electron chi connectivity index (χ2n) is 2.70. The van der Waals surface area contributed by atoms with E-state index in [0.717, 1.165) is 5.92 Å². The van der Waals surface area contributed by atoms with Crippen LogP contribution >= 0.6 is 15.9 Å². The molecule has 0 bridgehead atoms. The first-order valence-corrected chi connectivity index (χ1v) is 4.53. The van der Waals surface area contributed by atoms with Gasteiger partial charge in [0.1, 0.15) is 0 Å². The van der Waals surface area contributed by atoms with Crippen LogP contribution in [0.2, 0.25) is 0 Å². The summed E-state index contributed by atoms with van der Waals surface area (Å²) in [5.41, 5.74) is 0. The first kappa shape index (κ1) is 7.33. The van der Waals surface area contributed by atoms with Crippen molar-refractivity contribution in [3.8, 4) is 0 Å². The summed E-state index contributed by atoms with van der Waals surface area (Å²) in [6.07, 6.45) is 8.66. The van der Waals surface area contributed by atoms with Crippen LogP contribution in [0.25, 0.3) is 0 Å². The first-order valence-electron chi connectivity index (χ1n) is 3.61. The van der Waals surface area contributed by atoms with Crippen molar-refractivity contribution in [1.82, 2.24) is 0 Å². The van der Waals surface area contributed by atoms with Gasteiger partial charge >= 0.3 is 0 Å². The van der Waals surface area contributed by atoms with Gasteiger partial charge in [-0.25, -0.2) is 0 Å². The molecule has 0 aromatic carbocycles. The Morgan fingerprint density at radius 1 is 1.67 bits per heavy atom. The van der Waals surface area contributed by atoms with Gasteiger partial charge in [-0.1, -0.05) is 35.0 Å². The molecule has 1 rings (SSSR count). The molecule has 9 heavy (non-hydrogen) atoms. The van der Waals surface area contributed by atoms with Crippen LogP contribution in [0.5, 0.6) is 0 Å². The average Bonchev–Trinajstić information content (AvgIpc) is 1.90. The summed E-state index contributed by atoms with van der Waals surface area (Å²) in [5.74, 6) is 0.791. The van der Waals surface area contributed by atoms with E-state index in [-0.39, 0.29) is 0 Å². The summed E-state index contributed by atoms with van der Waals surface area (Å²) in [5, 5.41) is 0. The van der Waals surface area contributed by atoms with Crippen molar-refractivity contribution in [1.29, 1.82) is 0 Å². The smallest absolute Gasteiger partial charge is 0.0180 e. The van der Waals surface area contributed by atoms with Gasteiger partial charge in [-0.05, 0) is 25.2 Å². The Labute approximate surface area is 65.5 Å². The molecule has 52 valence electrons. The number of rotatable bonds is 1. The Balaban J connectivity index is 2.40. The van der Waals surface area contributed by atoms with Crippen molar-refractivity contribution < 1.29 is 0 Å². The van der Waals surface area contributed by atoms with Crippen molar-refractivity contribution in [2.45, 2.75) is 31.0 Å². The molecular formula is C8H13Br. The van der Waals surface area contributed by atoms with Gasteiger partial charge in [-0.15, -0.1) is 0 Å². The maximum Gasteiger partial charge on any atom is 0.0180 e. The number of hydrogen-bond acceptors (Lipinski definition) is 0. The first-order chi connectivity index (χ1) is 4.30. The molecule has 1 heteroatoms. The fraction of sp³-hybridized carbons (Fsp3) is 0.750. The van der Waals surface area contributed by atoms with Crippen molar-refractivity contribution in [3.63, 3.8) is 0 Å². The fourth-order valence-corrected chi connectivity index (χ4v) is 1.66. The van der Waals surface area contributed by atoms with Crippen LogP contribution in [0.15, 0.2) is 12.2 Å². The van der Waals surface area contributed by atoms with Crippen LogP contribution in [0.4, 0.5) is 0 Å². The third-order valence-corrected chi connectivity index (χ3v) is 2.56. The minimum atomic E-state index is 0.661. The summed E-state index contributed by atoms with van der Waals surface area (Å²) in [7, 11) is 0. The molecule has 0 saturated heterocycles. The lowest BCUT2D eigenvalue weighted by atomic mass is 9.94. The molecular weight excluding hydrogens is 176 g/mol. The predicted molar refractivity (Wildman–Crippen MR) is 44.9 cm³/mol. The quantitative estimate of drug-likeness (QED) is 0.439. The summed E-state index contributed by atoms with van der Waals surface area (Å²) < 4.78 is 0. The van der Waals surface area contributed by atoms with E-state index in [9.17, 15) is 0 Å². The highest BCUT2D eigenvalue weighted by atomic mass is 79.9. The Bertz CT molecular complexity index is 105. The maximum absolute atomic E-state index is 3.58. The molecule has 0 heterocycles. The van der Waals surface area contributed by atoms with Gasteiger partial charge in [0.25, 0.3) is 0 Å². The maximum atomic E-state index is 3.58. The molecule has 1 aliphatic carbocycles. The summed E-state index contributed by atoms with van der Waals surface area (Å²) in [4.78, 5) is 0.661. The van der Waals surface area contributed by atoms with Gasteiger partial charge in [-0.2, -0.15) is 0 Å². The second kappa shape index (κ2) is 3.40. The van der Waals surface area contributed by atoms with Crippen molar-refractivity contribution in [3.05, 3.63) is 12.2 Å². The number of alkyl halides is 1. The molecule has 0 saturated carbocycles. The lowest BCUT2D eigenvalue weighted by Crippen LogP contribution is -2.09. The Kier molecular flexibility index (Phi) is 2.77. The molecule has 0 amide bonds. The molecule has 0 N–H and O–H groups in total. The van der Waals surface area contributed by atoms with Crippen LogP contribution in [-0.4, -0.2) is 4.83 Å². The predicted octanol–water partition coefficient (Wildman–Crippen LogP) is 3.13. The van der Waals surface area contributed by atoms with Crippen LogP contribution in [0.1, 0.15) is 26.2 Å². The Hall–Kier alpha value is 0.220. The Morgan fingerprint density at radius 3 is 2.78 bits per heavy atom. The van der Waals surface area contributed by atoms with Gasteiger partial charge in [0.05, 0.1) is 0 Å². The molecule has 0 nitrogen and oxygen atoms in total. The van der Waals surface area contributed by atoms with E-state index in [2.05, 4.69) is 35.0 Å². The zero-order chi connectivity index (χ0) is 6.69. The molecule has 0 aliphatic heterocycles. The molecule has 2 atom stereocenters. The van der Waals surface area contributed by atoms with Crippen LogP contribution in [0, 0.1) is 5.92 Å². The average molecular weight is 189 g/mol. The van der Waals surface area contributed by atoms with E-state index >= 15 is 0 Å². The van der Waals surface area contributed by atoms with Gasteiger partial charge in [0.15, 0.2) is 0 Å². The normalized spacial score (nSPS) is 30.2. The summed E-state index contributed by atoms with van der Waals surface area (Å²) in [6.45, 7) is 2.22. The zero-order valence-corrected chi connectivity index (χ0v) is 7.39. The summed E-state index contributed by atoms with van der Waals surface area (Å²) in [6, 6.07) is 0. The number of hydrogen-bond donors (Lipinski definition) is 0. The highest BCUT2D eigenvalue weighted by molar-refractivity contribution is 9.09. The molecule has 0 aromatic heterocycles. The van der Waals surface area contributed by atoms with E-state index in [1.165, 1.54) is 19.3 Å². The molecule has 2 unspecified atom stereocenters. The fourth-order valence-electron chi connectivity index (χ4n) is 1.22. The topological polar surface area (TPSA) is 0 Å². The highest BCUT2D eigenvalue weighted by Gasteiger charge is 2.12. The van der Waals surface area contributed by atoms with E-state index < -0.39 is 0 Å². The largest absolute Gasteiger partial charge is 0.0887 e. The molecule has 1 aliphatic rings. The van der Waals surface area contributed by atoms with Gasteiger partial charge in [0.2, 0.25) is 0 Å². The van der Waals surface area contributed by atoms with Crippen LogP contribution in [-0.2, 0) is 0 Å². The van der Waals surface area contributed by atoms with Gasteiger partial charge in [-0.3, -0.25) is 0 Å². The lowest BCUT2D eigenvalue weighted by molar-refractivity contribution is 0.542. The number of allylic oxidation sites excluding steroid dienone is 2. The van der Waals surface area contributed by atoms with E-state index in [1.807, 2.05) is 0 Å². The molecule has 0 fully saturated rings. The van der Waals surface area contributed by atoms with E-state index in [1.54, 1.807) is 0 Å². The van der Waals surface area contributed by atoms with Crippen molar-refractivity contribution in [2.24, 2.45) is 5.92 Å². The highest BCUT2D eigenvalue weighted by Crippen LogP contribution is 2.24. The zero-order valence-electron chi connectivity index (χ0n) is 5.81. The van der Waals surface area contributed by atoms with Gasteiger partial charge in [0, 0.05) is 4.83 Å². The minimum absolute atomic E-state index is 0.661. The summed E-state index contributed by atoms with van der Waals surface area (Å²) >= 11 is 3.58. The SMILES string of the molecule is CC(Br)C1C=CCCC1. The third kappa shape index (κ3) is 2.13. The number of halogens is 1. The molecule has 0 spiro atoms. The molecule has 0 radical (unpaired) electrons. The standard InChI is InChI=1S/C8H13Br/c1-7(9)8-5-3-2-4-6-8/h3,5,7-8H,2,4,6H2,1H3. The van der Waals surface area contributed by atoms with E-state index in [0.29, 0.717) is 4.83 Å². The van der Waals surface area contributed by atoms with E-state index in [4.69, 9.17) is 0 Å².